The number of benzene rings is 2. The Bertz CT molecular complexity index is 899. The minimum atomic E-state index is -0.120. The first-order chi connectivity index (χ1) is 13.1. The molecule has 1 amide bonds. The van der Waals surface area contributed by atoms with Crippen LogP contribution in [0.5, 0.6) is 5.75 Å². The number of thioether (sulfide) groups is 1. The van der Waals surface area contributed by atoms with Crippen molar-refractivity contribution in [3.05, 3.63) is 70.6 Å². The number of hydrogen-bond acceptors (Lipinski definition) is 6. The molecular weight excluding hydrogens is 386 g/mol. The van der Waals surface area contributed by atoms with Crippen molar-refractivity contribution in [3.8, 4) is 5.75 Å². The molecule has 0 spiro atoms. The minimum absolute atomic E-state index is 0.120. The van der Waals surface area contributed by atoms with Crippen LogP contribution in [-0.2, 0) is 17.9 Å². The highest BCUT2D eigenvalue weighted by atomic mass is 35.5. The summed E-state index contributed by atoms with van der Waals surface area (Å²) in [5.74, 6) is 1.17. The van der Waals surface area contributed by atoms with Crippen molar-refractivity contribution in [2.24, 2.45) is 0 Å². The summed E-state index contributed by atoms with van der Waals surface area (Å²) in [5, 5.41) is 11.7. The van der Waals surface area contributed by atoms with Gasteiger partial charge in [0.15, 0.2) is 6.61 Å². The number of hydrogen-bond donors (Lipinski definition) is 1. The number of carbonyl (C=O) groups excluding carboxylic acids is 1. The van der Waals surface area contributed by atoms with E-state index < -0.39 is 0 Å². The molecular formula is C19H18ClN3O3S. The van der Waals surface area contributed by atoms with E-state index in [1.54, 1.807) is 12.1 Å². The highest BCUT2D eigenvalue weighted by Crippen LogP contribution is 2.18. The highest BCUT2D eigenvalue weighted by Gasteiger charge is 2.10. The maximum Gasteiger partial charge on any atom is 0.277 e. The number of rotatable bonds is 8. The van der Waals surface area contributed by atoms with Gasteiger partial charge in [-0.1, -0.05) is 47.6 Å². The largest absolute Gasteiger partial charge is 0.484 e. The third-order valence-electron chi connectivity index (χ3n) is 3.53. The van der Waals surface area contributed by atoms with E-state index in [4.69, 9.17) is 20.8 Å². The van der Waals surface area contributed by atoms with Gasteiger partial charge in [-0.2, -0.15) is 0 Å². The van der Waals surface area contributed by atoms with Gasteiger partial charge in [0, 0.05) is 11.6 Å². The quantitative estimate of drug-likeness (QED) is 0.572. The fourth-order valence-corrected chi connectivity index (χ4v) is 2.92. The molecule has 0 atom stereocenters. The molecule has 0 aliphatic carbocycles. The van der Waals surface area contributed by atoms with Crippen molar-refractivity contribution in [2.75, 3.05) is 5.75 Å². The van der Waals surface area contributed by atoms with E-state index in [1.165, 1.54) is 11.8 Å². The highest BCUT2D eigenvalue weighted by molar-refractivity contribution is 7.99. The lowest BCUT2D eigenvalue weighted by Gasteiger charge is -2.04. The molecule has 0 bridgehead atoms. The van der Waals surface area contributed by atoms with E-state index in [1.807, 2.05) is 43.3 Å². The summed E-state index contributed by atoms with van der Waals surface area (Å²) in [4.78, 5) is 11.9. The Morgan fingerprint density at radius 1 is 1.22 bits per heavy atom. The van der Waals surface area contributed by atoms with Gasteiger partial charge in [0.2, 0.25) is 5.91 Å². The first-order valence-corrected chi connectivity index (χ1v) is 9.60. The standard InChI is InChI=1S/C19H18ClN3O3S/c1-13-3-2-4-16(9-13)25-11-18-22-23-19(26-18)27-12-17(24)21-10-14-5-7-15(20)8-6-14/h2-9H,10-12H2,1H3,(H,21,24). The molecule has 1 N–H and O–H groups in total. The fourth-order valence-electron chi connectivity index (χ4n) is 2.19. The van der Waals surface area contributed by atoms with Gasteiger partial charge in [-0.3, -0.25) is 4.79 Å². The molecule has 0 aliphatic rings. The van der Waals surface area contributed by atoms with Gasteiger partial charge in [0.1, 0.15) is 5.75 Å². The third kappa shape index (κ3) is 6.30. The molecule has 2 aromatic carbocycles. The topological polar surface area (TPSA) is 77.2 Å². The van der Waals surface area contributed by atoms with Crippen molar-refractivity contribution >= 4 is 29.3 Å². The molecule has 0 saturated carbocycles. The van der Waals surface area contributed by atoms with Gasteiger partial charge >= 0.3 is 0 Å². The second kappa shape index (κ2) is 9.43. The third-order valence-corrected chi connectivity index (χ3v) is 4.60. The first kappa shape index (κ1) is 19.3. The summed E-state index contributed by atoms with van der Waals surface area (Å²) < 4.78 is 11.1. The normalized spacial score (nSPS) is 10.6. The Labute approximate surface area is 166 Å². The number of ether oxygens (including phenoxy) is 1. The second-order valence-electron chi connectivity index (χ2n) is 5.76. The molecule has 0 aliphatic heterocycles. The van der Waals surface area contributed by atoms with E-state index in [9.17, 15) is 4.79 Å². The molecule has 140 valence electrons. The van der Waals surface area contributed by atoms with E-state index in [-0.39, 0.29) is 18.3 Å². The summed E-state index contributed by atoms with van der Waals surface area (Å²) >= 11 is 7.02. The zero-order chi connectivity index (χ0) is 19.1. The van der Waals surface area contributed by atoms with Crippen LogP contribution in [0.4, 0.5) is 0 Å². The van der Waals surface area contributed by atoms with Crippen LogP contribution in [0.25, 0.3) is 0 Å². The average molecular weight is 404 g/mol. The van der Waals surface area contributed by atoms with Crippen molar-refractivity contribution in [1.82, 2.24) is 15.5 Å². The molecule has 27 heavy (non-hydrogen) atoms. The van der Waals surface area contributed by atoms with E-state index in [0.29, 0.717) is 22.7 Å². The zero-order valence-corrected chi connectivity index (χ0v) is 16.2. The van der Waals surface area contributed by atoms with Crippen molar-refractivity contribution in [1.29, 1.82) is 0 Å². The molecule has 1 heterocycles. The summed E-state index contributed by atoms with van der Waals surface area (Å²) in [6.07, 6.45) is 0. The average Bonchev–Trinajstić information content (AvgIpc) is 3.12. The van der Waals surface area contributed by atoms with Crippen molar-refractivity contribution < 1.29 is 13.9 Å². The predicted molar refractivity (Wildman–Crippen MR) is 104 cm³/mol. The summed E-state index contributed by atoms with van der Waals surface area (Å²) in [6, 6.07) is 15.0. The Hall–Kier alpha value is -2.51. The lowest BCUT2D eigenvalue weighted by molar-refractivity contribution is -0.118. The second-order valence-corrected chi connectivity index (χ2v) is 7.12. The summed E-state index contributed by atoms with van der Waals surface area (Å²) in [7, 11) is 0. The molecule has 3 rings (SSSR count). The minimum Gasteiger partial charge on any atom is -0.484 e. The summed E-state index contributed by atoms with van der Waals surface area (Å²) in [5.41, 5.74) is 2.09. The number of carbonyl (C=O) groups is 1. The SMILES string of the molecule is Cc1cccc(OCc2nnc(SCC(=O)NCc3ccc(Cl)cc3)o2)c1. The van der Waals surface area contributed by atoms with Crippen LogP contribution in [-0.4, -0.2) is 21.9 Å². The van der Waals surface area contributed by atoms with Crippen molar-refractivity contribution in [2.45, 2.75) is 25.3 Å². The number of aromatic nitrogens is 2. The zero-order valence-electron chi connectivity index (χ0n) is 14.6. The van der Waals surface area contributed by atoms with Gasteiger partial charge in [0.05, 0.1) is 5.75 Å². The lowest BCUT2D eigenvalue weighted by atomic mass is 10.2. The maximum absolute atomic E-state index is 11.9. The Morgan fingerprint density at radius 2 is 2.04 bits per heavy atom. The molecule has 0 saturated heterocycles. The van der Waals surface area contributed by atoms with E-state index >= 15 is 0 Å². The van der Waals surface area contributed by atoms with Gasteiger partial charge in [0.25, 0.3) is 11.1 Å². The van der Waals surface area contributed by atoms with E-state index in [0.717, 1.165) is 16.9 Å². The molecule has 3 aromatic rings. The van der Waals surface area contributed by atoms with Crippen LogP contribution in [0.2, 0.25) is 5.02 Å². The van der Waals surface area contributed by atoms with Gasteiger partial charge in [-0.25, -0.2) is 0 Å². The van der Waals surface area contributed by atoms with Gasteiger partial charge < -0.3 is 14.5 Å². The van der Waals surface area contributed by atoms with Crippen LogP contribution >= 0.6 is 23.4 Å². The monoisotopic (exact) mass is 403 g/mol. The Morgan fingerprint density at radius 3 is 2.81 bits per heavy atom. The lowest BCUT2D eigenvalue weighted by Crippen LogP contribution is -2.24. The molecule has 0 radical (unpaired) electrons. The van der Waals surface area contributed by atoms with Crippen LogP contribution in [0.1, 0.15) is 17.0 Å². The molecule has 0 fully saturated rings. The van der Waals surface area contributed by atoms with E-state index in [2.05, 4.69) is 15.5 Å². The summed E-state index contributed by atoms with van der Waals surface area (Å²) in [6.45, 7) is 2.61. The van der Waals surface area contributed by atoms with Gasteiger partial charge in [-0.15, -0.1) is 10.2 Å². The first-order valence-electron chi connectivity index (χ1n) is 8.24. The van der Waals surface area contributed by atoms with Crippen LogP contribution in [0.15, 0.2) is 58.2 Å². The van der Waals surface area contributed by atoms with Crippen LogP contribution < -0.4 is 10.1 Å². The maximum atomic E-state index is 11.9. The molecule has 6 nitrogen and oxygen atoms in total. The molecule has 1 aromatic heterocycles. The number of nitrogens with zero attached hydrogens (tertiary/aromatic N) is 2. The smallest absolute Gasteiger partial charge is 0.277 e. The molecule has 0 unspecified atom stereocenters. The molecule has 8 heteroatoms. The predicted octanol–water partition coefficient (Wildman–Crippen LogP) is 4.02. The fraction of sp³-hybridized carbons (Fsp3) is 0.211. The van der Waals surface area contributed by atoms with Crippen molar-refractivity contribution in [3.63, 3.8) is 0 Å². The van der Waals surface area contributed by atoms with Crippen LogP contribution in [0, 0.1) is 6.92 Å². The van der Waals surface area contributed by atoms with Gasteiger partial charge in [-0.05, 0) is 42.3 Å². The number of nitrogens with one attached hydrogen (secondary N) is 1. The Kier molecular flexibility index (Phi) is 6.73. The number of amides is 1. The Balaban J connectivity index is 1.40. The van der Waals surface area contributed by atoms with Crippen LogP contribution in [0.3, 0.4) is 0 Å². The number of aryl methyl sites for hydroxylation is 1. The number of halogens is 1.